The maximum absolute atomic E-state index is 14.2. The smallest absolute Gasteiger partial charge is 0.251 e. The zero-order valence-corrected chi connectivity index (χ0v) is 16.4. The molecule has 0 radical (unpaired) electrons. The zero-order chi connectivity index (χ0) is 20.5. The second-order valence-electron chi connectivity index (χ2n) is 7.74. The molecule has 2 aliphatic heterocycles. The highest BCUT2D eigenvalue weighted by Gasteiger charge is 2.37. The highest BCUT2D eigenvalue weighted by Crippen LogP contribution is 2.30. The standard InChI is InChI=1S/C21H24FN5O2/c1-12-10-27(17-6-5-14(8-23)20-15(17)4-3-7-24-20)11-18(29-12)21(28)26-16-9-25-13(2)19(16)22/h3-7,12-13,16,18-19,25H,9-11H2,1-2H3,(H,26,28)/t12-,13?,16+,18-,19-/m1/s1. The van der Waals surface area contributed by atoms with Crippen molar-refractivity contribution >= 4 is 22.5 Å². The van der Waals surface area contributed by atoms with Gasteiger partial charge in [0.15, 0.2) is 6.10 Å². The molecule has 1 aromatic heterocycles. The van der Waals surface area contributed by atoms with Gasteiger partial charge in [-0.05, 0) is 38.1 Å². The maximum atomic E-state index is 14.2. The van der Waals surface area contributed by atoms with Crippen molar-refractivity contribution in [1.29, 1.82) is 5.26 Å². The molecular weight excluding hydrogens is 373 g/mol. The number of fused-ring (bicyclic) bond motifs is 1. The SMILES string of the molecule is CC1NC[C@H](NC(=O)[C@H]2CN(c3ccc(C#N)c4ncccc34)C[C@@H](C)O2)[C@@H]1F. The summed E-state index contributed by atoms with van der Waals surface area (Å²) in [5.41, 5.74) is 2.05. The van der Waals surface area contributed by atoms with Gasteiger partial charge in [-0.25, -0.2) is 4.39 Å². The van der Waals surface area contributed by atoms with Crippen LogP contribution in [0.4, 0.5) is 10.1 Å². The van der Waals surface area contributed by atoms with Crippen LogP contribution >= 0.6 is 0 Å². The number of morpholine rings is 1. The van der Waals surface area contributed by atoms with Gasteiger partial charge in [-0.15, -0.1) is 0 Å². The van der Waals surface area contributed by atoms with E-state index in [1.165, 1.54) is 0 Å². The van der Waals surface area contributed by atoms with E-state index in [2.05, 4.69) is 26.6 Å². The summed E-state index contributed by atoms with van der Waals surface area (Å²) in [5, 5.41) is 16.0. The minimum Gasteiger partial charge on any atom is -0.365 e. The third kappa shape index (κ3) is 3.76. The number of aromatic nitrogens is 1. The predicted octanol–water partition coefficient (Wildman–Crippen LogP) is 1.51. The lowest BCUT2D eigenvalue weighted by Crippen LogP contribution is -2.55. The van der Waals surface area contributed by atoms with E-state index in [-0.39, 0.29) is 18.1 Å². The van der Waals surface area contributed by atoms with Crippen LogP contribution in [0.3, 0.4) is 0 Å². The minimum absolute atomic E-state index is 0.177. The van der Waals surface area contributed by atoms with Crippen LogP contribution in [0.1, 0.15) is 19.4 Å². The lowest BCUT2D eigenvalue weighted by molar-refractivity contribution is -0.138. The number of ether oxygens (including phenoxy) is 1. The molecule has 2 fully saturated rings. The maximum Gasteiger partial charge on any atom is 0.251 e. The molecule has 2 aromatic rings. The number of nitrogens with zero attached hydrogens (tertiary/aromatic N) is 3. The molecule has 2 N–H and O–H groups in total. The number of nitrogens with one attached hydrogen (secondary N) is 2. The molecule has 5 atom stereocenters. The van der Waals surface area contributed by atoms with Crippen LogP contribution in [0.15, 0.2) is 30.5 Å². The molecule has 0 aliphatic carbocycles. The summed E-state index contributed by atoms with van der Waals surface area (Å²) in [6.07, 6.45) is -0.340. The molecule has 29 heavy (non-hydrogen) atoms. The molecular formula is C21H24FN5O2. The molecule has 152 valence electrons. The van der Waals surface area contributed by atoms with E-state index in [1.54, 1.807) is 19.2 Å². The fraction of sp³-hybridized carbons (Fsp3) is 0.476. The summed E-state index contributed by atoms with van der Waals surface area (Å²) < 4.78 is 20.1. The van der Waals surface area contributed by atoms with Gasteiger partial charge in [-0.1, -0.05) is 0 Å². The molecule has 0 spiro atoms. The number of pyridine rings is 1. The van der Waals surface area contributed by atoms with Gasteiger partial charge in [0, 0.05) is 36.4 Å². The Hall–Kier alpha value is -2.76. The number of hydrogen-bond acceptors (Lipinski definition) is 6. The lowest BCUT2D eigenvalue weighted by Gasteiger charge is -2.38. The van der Waals surface area contributed by atoms with E-state index in [1.807, 2.05) is 25.1 Å². The average molecular weight is 397 g/mol. The zero-order valence-electron chi connectivity index (χ0n) is 16.4. The number of rotatable bonds is 3. The van der Waals surface area contributed by atoms with Gasteiger partial charge in [0.25, 0.3) is 5.91 Å². The normalized spacial score (nSPS) is 29.6. The summed E-state index contributed by atoms with van der Waals surface area (Å²) in [6.45, 7) is 5.04. The van der Waals surface area contributed by atoms with Crippen molar-refractivity contribution in [3.05, 3.63) is 36.0 Å². The quantitative estimate of drug-likeness (QED) is 0.816. The van der Waals surface area contributed by atoms with Crippen molar-refractivity contribution in [2.75, 3.05) is 24.5 Å². The number of benzene rings is 1. The van der Waals surface area contributed by atoms with E-state index in [0.29, 0.717) is 30.7 Å². The molecule has 1 amide bonds. The molecule has 2 aliphatic rings. The first-order valence-corrected chi connectivity index (χ1v) is 9.84. The van der Waals surface area contributed by atoms with Gasteiger partial charge in [0.05, 0.1) is 29.8 Å². The Balaban J connectivity index is 1.56. The number of anilines is 1. The Kier molecular flexibility index (Phi) is 5.35. The Bertz CT molecular complexity index is 962. The van der Waals surface area contributed by atoms with Crippen molar-refractivity contribution in [2.24, 2.45) is 0 Å². The predicted molar refractivity (Wildman–Crippen MR) is 107 cm³/mol. The van der Waals surface area contributed by atoms with Gasteiger partial charge >= 0.3 is 0 Å². The van der Waals surface area contributed by atoms with Crippen LogP contribution in [0.25, 0.3) is 10.9 Å². The van der Waals surface area contributed by atoms with Gasteiger partial charge in [0.1, 0.15) is 12.2 Å². The van der Waals surface area contributed by atoms with Crippen LogP contribution in [0.5, 0.6) is 0 Å². The number of alkyl halides is 1. The number of hydrogen-bond donors (Lipinski definition) is 2. The van der Waals surface area contributed by atoms with Gasteiger partial charge in [-0.2, -0.15) is 5.26 Å². The molecule has 0 bridgehead atoms. The van der Waals surface area contributed by atoms with Crippen LogP contribution in [0, 0.1) is 11.3 Å². The summed E-state index contributed by atoms with van der Waals surface area (Å²) in [6, 6.07) is 8.73. The Morgan fingerprint density at radius 1 is 1.38 bits per heavy atom. The molecule has 8 heteroatoms. The van der Waals surface area contributed by atoms with Crippen molar-refractivity contribution in [1.82, 2.24) is 15.6 Å². The number of halogens is 1. The lowest BCUT2D eigenvalue weighted by atomic mass is 10.1. The first-order chi connectivity index (χ1) is 14.0. The topological polar surface area (TPSA) is 90.3 Å². The Morgan fingerprint density at radius 3 is 2.93 bits per heavy atom. The monoisotopic (exact) mass is 397 g/mol. The molecule has 7 nitrogen and oxygen atoms in total. The van der Waals surface area contributed by atoms with Crippen LogP contribution in [0.2, 0.25) is 0 Å². The highest BCUT2D eigenvalue weighted by molar-refractivity contribution is 5.95. The van der Waals surface area contributed by atoms with Crippen molar-refractivity contribution in [2.45, 2.75) is 44.3 Å². The summed E-state index contributed by atoms with van der Waals surface area (Å²) in [5.74, 6) is -0.304. The van der Waals surface area contributed by atoms with Gasteiger partial charge in [-0.3, -0.25) is 9.78 Å². The molecule has 2 saturated heterocycles. The fourth-order valence-corrected chi connectivity index (χ4v) is 4.11. The van der Waals surface area contributed by atoms with Crippen LogP contribution in [-0.2, 0) is 9.53 Å². The Labute approximate surface area is 168 Å². The molecule has 4 rings (SSSR count). The van der Waals surface area contributed by atoms with Gasteiger partial charge < -0.3 is 20.3 Å². The molecule has 0 saturated carbocycles. The molecule has 3 heterocycles. The van der Waals surface area contributed by atoms with E-state index < -0.39 is 18.3 Å². The van der Waals surface area contributed by atoms with E-state index in [9.17, 15) is 14.4 Å². The van der Waals surface area contributed by atoms with Crippen molar-refractivity contribution in [3.63, 3.8) is 0 Å². The third-order valence-corrected chi connectivity index (χ3v) is 5.61. The number of amides is 1. The van der Waals surface area contributed by atoms with E-state index in [4.69, 9.17) is 4.74 Å². The van der Waals surface area contributed by atoms with Crippen LogP contribution in [-0.4, -0.2) is 61.0 Å². The number of nitriles is 1. The second-order valence-corrected chi connectivity index (χ2v) is 7.74. The van der Waals surface area contributed by atoms with Crippen LogP contribution < -0.4 is 15.5 Å². The van der Waals surface area contributed by atoms with E-state index in [0.717, 1.165) is 11.1 Å². The largest absolute Gasteiger partial charge is 0.365 e. The van der Waals surface area contributed by atoms with Gasteiger partial charge in [0.2, 0.25) is 0 Å². The number of carbonyl (C=O) groups is 1. The fourth-order valence-electron chi connectivity index (χ4n) is 4.11. The first-order valence-electron chi connectivity index (χ1n) is 9.84. The highest BCUT2D eigenvalue weighted by atomic mass is 19.1. The number of carbonyl (C=O) groups excluding carboxylic acids is 1. The van der Waals surface area contributed by atoms with Crippen molar-refractivity contribution in [3.8, 4) is 6.07 Å². The van der Waals surface area contributed by atoms with Crippen molar-refractivity contribution < 1.29 is 13.9 Å². The second kappa shape index (κ2) is 7.93. The average Bonchev–Trinajstić information content (AvgIpc) is 3.04. The molecule has 1 unspecified atom stereocenters. The van der Waals surface area contributed by atoms with E-state index >= 15 is 0 Å². The first kappa shape index (κ1) is 19.6. The summed E-state index contributed by atoms with van der Waals surface area (Å²) >= 11 is 0. The summed E-state index contributed by atoms with van der Waals surface area (Å²) in [7, 11) is 0. The summed E-state index contributed by atoms with van der Waals surface area (Å²) in [4.78, 5) is 19.2. The molecule has 1 aromatic carbocycles. The Morgan fingerprint density at radius 2 is 2.21 bits per heavy atom. The third-order valence-electron chi connectivity index (χ3n) is 5.61. The minimum atomic E-state index is -1.12.